The molecule has 9 heteroatoms. The monoisotopic (exact) mass is 480 g/mol. The molecule has 1 heterocycles. The molecule has 0 saturated carbocycles. The van der Waals surface area contributed by atoms with Crippen molar-refractivity contribution < 1.29 is 9.72 Å². The van der Waals surface area contributed by atoms with Gasteiger partial charge < -0.3 is 0 Å². The summed E-state index contributed by atoms with van der Waals surface area (Å²) < 4.78 is 1.83. The number of amides is 1. The molecule has 148 valence electrons. The van der Waals surface area contributed by atoms with Crippen molar-refractivity contribution in [3.8, 4) is 0 Å². The van der Waals surface area contributed by atoms with Gasteiger partial charge in [0.2, 0.25) is 5.13 Å². The number of thiazole rings is 1. The fourth-order valence-electron chi connectivity index (χ4n) is 2.68. The topological polar surface area (TPSA) is 88.7 Å². The van der Waals surface area contributed by atoms with Gasteiger partial charge in [-0.2, -0.15) is 10.1 Å². The van der Waals surface area contributed by atoms with Crippen LogP contribution in [0.25, 0.3) is 10.2 Å². The van der Waals surface area contributed by atoms with Crippen LogP contribution < -0.4 is 5.01 Å². The molecule has 0 fully saturated rings. The number of hydrazone groups is 1. The second-order valence-corrected chi connectivity index (χ2v) is 8.11. The molecule has 0 atom stereocenters. The van der Waals surface area contributed by atoms with Crippen LogP contribution in [0.2, 0.25) is 0 Å². The number of carbonyl (C=O) groups is 1. The smallest absolute Gasteiger partial charge is 0.267 e. The molecule has 0 bridgehead atoms. The number of halogens is 1. The molecule has 4 rings (SSSR count). The summed E-state index contributed by atoms with van der Waals surface area (Å²) in [6.45, 7) is 0. The van der Waals surface area contributed by atoms with Crippen LogP contribution >= 0.6 is 27.3 Å². The first-order chi connectivity index (χ1) is 14.5. The zero-order valence-corrected chi connectivity index (χ0v) is 17.7. The fraction of sp³-hybridized carbons (Fsp3) is 0. The minimum absolute atomic E-state index is 0.0129. The minimum atomic E-state index is -0.467. The van der Waals surface area contributed by atoms with Crippen molar-refractivity contribution in [3.05, 3.63) is 98.5 Å². The molecule has 1 aromatic heterocycles. The standard InChI is InChI=1S/C21H13BrN4O3S/c22-16-8-11-18-19(12-16)30-21(24-18)25(20(27)15-4-2-1-3-5-15)23-13-14-6-9-17(10-7-14)26(28)29/h1-13H/b23-13+. The van der Waals surface area contributed by atoms with Crippen molar-refractivity contribution in [3.63, 3.8) is 0 Å². The summed E-state index contributed by atoms with van der Waals surface area (Å²) in [5.74, 6) is -0.327. The maximum absolute atomic E-state index is 13.1. The molecular weight excluding hydrogens is 468 g/mol. The van der Waals surface area contributed by atoms with Gasteiger partial charge in [-0.25, -0.2) is 4.98 Å². The third kappa shape index (κ3) is 4.27. The molecular formula is C21H13BrN4O3S. The van der Waals surface area contributed by atoms with Crippen molar-refractivity contribution in [1.29, 1.82) is 0 Å². The van der Waals surface area contributed by atoms with Crippen molar-refractivity contribution in [2.75, 3.05) is 5.01 Å². The van der Waals surface area contributed by atoms with E-state index >= 15 is 0 Å². The summed E-state index contributed by atoms with van der Waals surface area (Å²) in [6.07, 6.45) is 1.48. The van der Waals surface area contributed by atoms with Gasteiger partial charge in [-0.3, -0.25) is 14.9 Å². The van der Waals surface area contributed by atoms with Gasteiger partial charge in [0.25, 0.3) is 11.6 Å². The summed E-state index contributed by atoms with van der Waals surface area (Å²) in [7, 11) is 0. The summed E-state index contributed by atoms with van der Waals surface area (Å²) in [4.78, 5) is 28.0. The number of nitrogens with zero attached hydrogens (tertiary/aromatic N) is 4. The zero-order chi connectivity index (χ0) is 21.1. The van der Waals surface area contributed by atoms with Crippen LogP contribution in [0.1, 0.15) is 15.9 Å². The second-order valence-electron chi connectivity index (χ2n) is 6.18. The number of carbonyl (C=O) groups excluding carboxylic acids is 1. The third-order valence-electron chi connectivity index (χ3n) is 4.16. The predicted octanol–water partition coefficient (Wildman–Crippen LogP) is 5.65. The normalized spacial score (nSPS) is 11.1. The van der Waals surface area contributed by atoms with Gasteiger partial charge in [-0.05, 0) is 48.0 Å². The van der Waals surface area contributed by atoms with Gasteiger partial charge in [0, 0.05) is 22.2 Å². The molecule has 0 radical (unpaired) electrons. The molecule has 3 aromatic carbocycles. The lowest BCUT2D eigenvalue weighted by atomic mass is 10.2. The Balaban J connectivity index is 1.72. The van der Waals surface area contributed by atoms with Gasteiger partial charge >= 0.3 is 0 Å². The number of hydrogen-bond acceptors (Lipinski definition) is 6. The van der Waals surface area contributed by atoms with E-state index in [2.05, 4.69) is 26.0 Å². The molecule has 0 aliphatic rings. The summed E-state index contributed by atoms with van der Waals surface area (Å²) in [5.41, 5.74) is 1.84. The lowest BCUT2D eigenvalue weighted by Crippen LogP contribution is -2.25. The minimum Gasteiger partial charge on any atom is -0.267 e. The van der Waals surface area contributed by atoms with E-state index in [1.807, 2.05) is 24.3 Å². The Bertz CT molecular complexity index is 1260. The number of aromatic nitrogens is 1. The van der Waals surface area contributed by atoms with Crippen molar-refractivity contribution in [2.24, 2.45) is 5.10 Å². The number of nitro benzene ring substituents is 1. The fourth-order valence-corrected chi connectivity index (χ4v) is 4.15. The highest BCUT2D eigenvalue weighted by Gasteiger charge is 2.21. The molecule has 0 aliphatic carbocycles. The van der Waals surface area contributed by atoms with E-state index in [4.69, 9.17) is 0 Å². The van der Waals surface area contributed by atoms with Gasteiger partial charge in [-0.15, -0.1) is 0 Å². The first kappa shape index (κ1) is 19.9. The highest BCUT2D eigenvalue weighted by atomic mass is 79.9. The third-order valence-corrected chi connectivity index (χ3v) is 5.65. The van der Waals surface area contributed by atoms with Gasteiger partial charge in [0.15, 0.2) is 0 Å². The number of nitro groups is 1. The average molecular weight is 481 g/mol. The van der Waals surface area contributed by atoms with Gasteiger partial charge in [-0.1, -0.05) is 45.5 Å². The van der Waals surface area contributed by atoms with Crippen LogP contribution in [0.15, 0.2) is 82.4 Å². The maximum atomic E-state index is 13.1. The van der Waals surface area contributed by atoms with E-state index in [9.17, 15) is 14.9 Å². The van der Waals surface area contributed by atoms with Crippen LogP contribution in [0.5, 0.6) is 0 Å². The number of anilines is 1. The van der Waals surface area contributed by atoms with E-state index in [0.29, 0.717) is 16.3 Å². The molecule has 0 N–H and O–H groups in total. The highest BCUT2D eigenvalue weighted by molar-refractivity contribution is 9.10. The highest BCUT2D eigenvalue weighted by Crippen LogP contribution is 2.32. The van der Waals surface area contributed by atoms with Crippen molar-refractivity contribution in [1.82, 2.24) is 4.98 Å². The Morgan fingerprint density at radius 2 is 1.83 bits per heavy atom. The van der Waals surface area contributed by atoms with E-state index < -0.39 is 4.92 Å². The van der Waals surface area contributed by atoms with Gasteiger partial charge in [0.05, 0.1) is 21.4 Å². The number of hydrogen-bond donors (Lipinski definition) is 0. The van der Waals surface area contributed by atoms with E-state index in [0.717, 1.165) is 14.7 Å². The van der Waals surface area contributed by atoms with E-state index in [-0.39, 0.29) is 11.6 Å². The summed E-state index contributed by atoms with van der Waals surface area (Å²) >= 11 is 4.79. The van der Waals surface area contributed by atoms with Crippen LogP contribution in [-0.2, 0) is 0 Å². The summed E-state index contributed by atoms with van der Waals surface area (Å²) in [6, 6.07) is 20.4. The first-order valence-electron chi connectivity index (χ1n) is 8.75. The van der Waals surface area contributed by atoms with Crippen molar-refractivity contribution >= 4 is 60.4 Å². The Hall–Kier alpha value is -3.43. The van der Waals surface area contributed by atoms with Crippen LogP contribution in [0, 0.1) is 10.1 Å². The zero-order valence-electron chi connectivity index (χ0n) is 15.3. The maximum Gasteiger partial charge on any atom is 0.280 e. The molecule has 1 amide bonds. The SMILES string of the molecule is O=C(c1ccccc1)N(/N=C/c1ccc([N+](=O)[O-])cc1)c1nc2ccc(Br)cc2s1. The molecule has 0 saturated heterocycles. The lowest BCUT2D eigenvalue weighted by Gasteiger charge is -2.13. The van der Waals surface area contributed by atoms with Crippen LogP contribution in [0.4, 0.5) is 10.8 Å². The quantitative estimate of drug-likeness (QED) is 0.209. The summed E-state index contributed by atoms with van der Waals surface area (Å²) in [5, 5.41) is 16.9. The number of benzene rings is 3. The largest absolute Gasteiger partial charge is 0.280 e. The Labute approximate surface area is 183 Å². The second kappa shape index (κ2) is 8.52. The Morgan fingerprint density at radius 3 is 2.53 bits per heavy atom. The Morgan fingerprint density at radius 1 is 1.10 bits per heavy atom. The molecule has 30 heavy (non-hydrogen) atoms. The van der Waals surface area contributed by atoms with Crippen molar-refractivity contribution in [2.45, 2.75) is 0 Å². The van der Waals surface area contributed by atoms with E-state index in [1.165, 1.54) is 34.7 Å². The van der Waals surface area contributed by atoms with E-state index in [1.54, 1.807) is 36.4 Å². The number of rotatable bonds is 5. The first-order valence-corrected chi connectivity index (χ1v) is 10.4. The average Bonchev–Trinajstić information content (AvgIpc) is 3.17. The van der Waals surface area contributed by atoms with Crippen LogP contribution in [-0.4, -0.2) is 22.0 Å². The molecule has 4 aromatic rings. The molecule has 0 aliphatic heterocycles. The molecule has 0 unspecified atom stereocenters. The lowest BCUT2D eigenvalue weighted by molar-refractivity contribution is -0.384. The molecule has 7 nitrogen and oxygen atoms in total. The molecule has 0 spiro atoms. The Kier molecular flexibility index (Phi) is 5.64. The van der Waals surface area contributed by atoms with Crippen LogP contribution in [0.3, 0.4) is 0 Å². The number of non-ortho nitro benzene ring substituents is 1. The van der Waals surface area contributed by atoms with Gasteiger partial charge in [0.1, 0.15) is 0 Å². The number of fused-ring (bicyclic) bond motifs is 1. The predicted molar refractivity (Wildman–Crippen MR) is 121 cm³/mol.